The molecule has 0 saturated carbocycles. The van der Waals surface area contributed by atoms with Crippen LogP contribution in [0.4, 0.5) is 0 Å². The lowest BCUT2D eigenvalue weighted by molar-refractivity contribution is 0.481. The van der Waals surface area contributed by atoms with Crippen molar-refractivity contribution in [2.24, 2.45) is 10.9 Å². The summed E-state index contributed by atoms with van der Waals surface area (Å²) in [5.41, 5.74) is 1.13. The topological polar surface area (TPSA) is 67.1 Å². The van der Waals surface area contributed by atoms with Gasteiger partial charge in [0.05, 0.1) is 0 Å². The highest BCUT2D eigenvalue weighted by Gasteiger charge is 2.09. The molecule has 7 heteroatoms. The molecule has 23 heavy (non-hydrogen) atoms. The molecule has 6 nitrogen and oxygen atoms in total. The van der Waals surface area contributed by atoms with Gasteiger partial charge in [0.2, 0.25) is 0 Å². The Hall–Kier alpha value is -1.64. The molecule has 0 spiro atoms. The Morgan fingerprint density at radius 2 is 2.09 bits per heavy atom. The minimum Gasteiger partial charge on any atom is -0.354 e. The van der Waals surface area contributed by atoms with Crippen molar-refractivity contribution in [3.63, 3.8) is 0 Å². The first-order chi connectivity index (χ1) is 10.6. The molecule has 1 unspecified atom stereocenters. The molecule has 2 aromatic heterocycles. The molecule has 0 aliphatic heterocycles. The van der Waals surface area contributed by atoms with Crippen LogP contribution in [-0.4, -0.2) is 33.8 Å². The maximum atomic E-state index is 4.33. The zero-order valence-electron chi connectivity index (χ0n) is 14.0. The average Bonchev–Trinajstić information content (AvgIpc) is 3.05. The van der Waals surface area contributed by atoms with E-state index >= 15 is 0 Å². The van der Waals surface area contributed by atoms with Crippen LogP contribution >= 0.6 is 24.0 Å². The van der Waals surface area contributed by atoms with Crippen LogP contribution in [0.2, 0.25) is 0 Å². The highest BCUT2D eigenvalue weighted by Crippen LogP contribution is 2.06. The molecule has 0 saturated heterocycles. The molecule has 2 aromatic rings. The number of aromatic nitrogens is 3. The summed E-state index contributed by atoms with van der Waals surface area (Å²) in [6.45, 7) is 7.20. The van der Waals surface area contributed by atoms with Gasteiger partial charge in [0.1, 0.15) is 0 Å². The van der Waals surface area contributed by atoms with Gasteiger partial charge in [-0.15, -0.1) is 24.0 Å². The Labute approximate surface area is 154 Å². The fourth-order valence-corrected chi connectivity index (χ4v) is 1.86. The summed E-state index contributed by atoms with van der Waals surface area (Å²) in [6.07, 6.45) is 5.41. The predicted octanol–water partition coefficient (Wildman–Crippen LogP) is 2.59. The second-order valence-corrected chi connectivity index (χ2v) is 5.58. The zero-order valence-corrected chi connectivity index (χ0v) is 16.4. The first-order valence-electron chi connectivity index (χ1n) is 7.52. The van der Waals surface area contributed by atoms with Crippen molar-refractivity contribution < 1.29 is 0 Å². The van der Waals surface area contributed by atoms with Crippen molar-refractivity contribution in [3.8, 4) is 5.82 Å². The Morgan fingerprint density at radius 3 is 2.70 bits per heavy atom. The standard InChI is InChI=1S/C16H24N6.HI/c1-12(2)13(3)21-16(17-4)19-11-14-6-8-18-15(10-14)22-9-5-7-20-22;/h5-10,12-13H,11H2,1-4H3,(H2,17,19,21);1H. The summed E-state index contributed by atoms with van der Waals surface area (Å²) >= 11 is 0. The molecule has 2 N–H and O–H groups in total. The fourth-order valence-electron chi connectivity index (χ4n) is 1.86. The summed E-state index contributed by atoms with van der Waals surface area (Å²) in [6, 6.07) is 6.24. The van der Waals surface area contributed by atoms with Gasteiger partial charge in [0, 0.05) is 38.2 Å². The van der Waals surface area contributed by atoms with Crippen molar-refractivity contribution >= 4 is 29.9 Å². The van der Waals surface area contributed by atoms with E-state index in [9.17, 15) is 0 Å². The predicted molar refractivity (Wildman–Crippen MR) is 104 cm³/mol. The largest absolute Gasteiger partial charge is 0.354 e. The number of hydrogen-bond donors (Lipinski definition) is 2. The molecular formula is C16H25IN6. The molecule has 2 heterocycles. The second kappa shape index (κ2) is 9.49. The van der Waals surface area contributed by atoms with Gasteiger partial charge < -0.3 is 10.6 Å². The van der Waals surface area contributed by atoms with Crippen LogP contribution in [0.15, 0.2) is 41.8 Å². The number of rotatable bonds is 5. The molecule has 0 aromatic carbocycles. The number of nitrogens with one attached hydrogen (secondary N) is 2. The zero-order chi connectivity index (χ0) is 15.9. The Kier molecular flexibility index (Phi) is 8.01. The Bertz CT molecular complexity index is 609. The van der Waals surface area contributed by atoms with Crippen molar-refractivity contribution in [2.75, 3.05) is 7.05 Å². The lowest BCUT2D eigenvalue weighted by atomic mass is 10.1. The van der Waals surface area contributed by atoms with Crippen LogP contribution in [0.3, 0.4) is 0 Å². The molecule has 2 rings (SSSR count). The fraction of sp³-hybridized carbons (Fsp3) is 0.438. The third-order valence-electron chi connectivity index (χ3n) is 3.60. The van der Waals surface area contributed by atoms with Crippen LogP contribution in [0, 0.1) is 5.92 Å². The van der Waals surface area contributed by atoms with E-state index < -0.39 is 0 Å². The highest BCUT2D eigenvalue weighted by atomic mass is 127. The van der Waals surface area contributed by atoms with Crippen LogP contribution in [0.25, 0.3) is 5.82 Å². The Balaban J connectivity index is 0.00000264. The molecule has 0 fully saturated rings. The van der Waals surface area contributed by atoms with Crippen LogP contribution < -0.4 is 10.6 Å². The monoisotopic (exact) mass is 428 g/mol. The normalized spacial score (nSPS) is 12.7. The van der Waals surface area contributed by atoms with Crippen molar-refractivity contribution in [2.45, 2.75) is 33.4 Å². The van der Waals surface area contributed by atoms with E-state index in [1.54, 1.807) is 24.1 Å². The van der Waals surface area contributed by atoms with Gasteiger partial charge in [-0.05, 0) is 36.6 Å². The van der Waals surface area contributed by atoms with Gasteiger partial charge in [-0.25, -0.2) is 9.67 Å². The molecule has 0 aliphatic carbocycles. The molecule has 0 bridgehead atoms. The van der Waals surface area contributed by atoms with Gasteiger partial charge in [-0.3, -0.25) is 4.99 Å². The third-order valence-corrected chi connectivity index (χ3v) is 3.60. The number of guanidine groups is 1. The molecule has 0 aliphatic rings. The number of nitrogens with zero attached hydrogens (tertiary/aromatic N) is 4. The SMILES string of the molecule is CN=C(NCc1ccnc(-n2cccn2)c1)NC(C)C(C)C.I. The van der Waals surface area contributed by atoms with Gasteiger partial charge in [0.15, 0.2) is 11.8 Å². The summed E-state index contributed by atoms with van der Waals surface area (Å²) in [7, 11) is 1.78. The summed E-state index contributed by atoms with van der Waals surface area (Å²) < 4.78 is 1.75. The quantitative estimate of drug-likeness (QED) is 0.437. The van der Waals surface area contributed by atoms with Gasteiger partial charge in [-0.1, -0.05) is 13.8 Å². The number of aliphatic imine (C=N–C) groups is 1. The first kappa shape index (κ1) is 19.4. The van der Waals surface area contributed by atoms with Gasteiger partial charge in [-0.2, -0.15) is 5.10 Å². The summed E-state index contributed by atoms with van der Waals surface area (Å²) in [5, 5.41) is 10.9. The second-order valence-electron chi connectivity index (χ2n) is 5.58. The lowest BCUT2D eigenvalue weighted by Gasteiger charge is -2.20. The van der Waals surface area contributed by atoms with Crippen molar-refractivity contribution in [1.29, 1.82) is 0 Å². The summed E-state index contributed by atoms with van der Waals surface area (Å²) in [5.74, 6) is 2.16. The van der Waals surface area contributed by atoms with Gasteiger partial charge >= 0.3 is 0 Å². The van der Waals surface area contributed by atoms with E-state index in [0.717, 1.165) is 17.3 Å². The Morgan fingerprint density at radius 1 is 1.30 bits per heavy atom. The maximum absolute atomic E-state index is 4.33. The smallest absolute Gasteiger partial charge is 0.191 e. The van der Waals surface area contributed by atoms with Gasteiger partial charge in [0.25, 0.3) is 0 Å². The number of hydrogen-bond acceptors (Lipinski definition) is 3. The minimum absolute atomic E-state index is 0. The molecular weight excluding hydrogens is 403 g/mol. The molecule has 0 radical (unpaired) electrons. The average molecular weight is 428 g/mol. The number of halogens is 1. The van der Waals surface area contributed by atoms with E-state index in [-0.39, 0.29) is 24.0 Å². The van der Waals surface area contributed by atoms with Crippen LogP contribution in [0.5, 0.6) is 0 Å². The minimum atomic E-state index is 0. The number of pyridine rings is 1. The maximum Gasteiger partial charge on any atom is 0.191 e. The first-order valence-corrected chi connectivity index (χ1v) is 7.52. The van der Waals surface area contributed by atoms with E-state index in [1.807, 2.05) is 24.4 Å². The van der Waals surface area contributed by atoms with E-state index in [1.165, 1.54) is 0 Å². The van der Waals surface area contributed by atoms with Crippen LogP contribution in [0.1, 0.15) is 26.3 Å². The van der Waals surface area contributed by atoms with Crippen LogP contribution in [-0.2, 0) is 6.54 Å². The highest BCUT2D eigenvalue weighted by molar-refractivity contribution is 14.0. The summed E-state index contributed by atoms with van der Waals surface area (Å²) in [4.78, 5) is 8.59. The van der Waals surface area contributed by atoms with Crippen molar-refractivity contribution in [3.05, 3.63) is 42.4 Å². The molecule has 1 atom stereocenters. The van der Waals surface area contributed by atoms with E-state index in [2.05, 4.69) is 46.5 Å². The lowest BCUT2D eigenvalue weighted by Crippen LogP contribution is -2.43. The van der Waals surface area contributed by atoms with E-state index in [0.29, 0.717) is 18.5 Å². The van der Waals surface area contributed by atoms with E-state index in [4.69, 9.17) is 0 Å². The third kappa shape index (κ3) is 5.81. The van der Waals surface area contributed by atoms with Crippen molar-refractivity contribution in [1.82, 2.24) is 25.4 Å². The molecule has 126 valence electrons. The molecule has 0 amide bonds.